The van der Waals surface area contributed by atoms with Gasteiger partial charge in [0.15, 0.2) is 0 Å². The highest BCUT2D eigenvalue weighted by Crippen LogP contribution is 2.19. The molecule has 1 heterocycles. The molecule has 0 aliphatic carbocycles. The highest BCUT2D eigenvalue weighted by atomic mass is 35.5. The van der Waals surface area contributed by atoms with E-state index in [1.54, 1.807) is 0 Å². The first-order valence-electron chi connectivity index (χ1n) is 6.71. The number of aliphatic hydroxyl groups excluding tert-OH is 1. The molecule has 1 saturated heterocycles. The third-order valence-electron chi connectivity index (χ3n) is 3.64. The summed E-state index contributed by atoms with van der Waals surface area (Å²) in [5.41, 5.74) is 1.04. The first kappa shape index (κ1) is 15.5. The number of likely N-dealkylation sites (tertiary alicyclic amines) is 1. The summed E-state index contributed by atoms with van der Waals surface area (Å²) in [6.45, 7) is 5.73. The predicted molar refractivity (Wildman–Crippen MR) is 78.1 cm³/mol. The topological polar surface area (TPSA) is 23.5 Å². The maximum atomic E-state index is 10.1. The third-order valence-corrected chi connectivity index (χ3v) is 3.64. The van der Waals surface area contributed by atoms with E-state index in [2.05, 4.69) is 11.8 Å². The lowest BCUT2D eigenvalue weighted by Crippen LogP contribution is -2.35. The van der Waals surface area contributed by atoms with Crippen molar-refractivity contribution in [1.29, 1.82) is 0 Å². The van der Waals surface area contributed by atoms with Gasteiger partial charge < -0.3 is 10.0 Å². The number of aliphatic hydroxyl groups is 1. The Morgan fingerprint density at radius 3 is 2.72 bits per heavy atom. The zero-order valence-electron chi connectivity index (χ0n) is 11.1. The van der Waals surface area contributed by atoms with Crippen LogP contribution in [0.25, 0.3) is 0 Å². The van der Waals surface area contributed by atoms with Crippen molar-refractivity contribution < 1.29 is 5.11 Å². The molecule has 1 aliphatic heterocycles. The molecule has 1 N–H and O–H groups in total. The first-order valence-corrected chi connectivity index (χ1v) is 6.71. The van der Waals surface area contributed by atoms with Gasteiger partial charge in [0.25, 0.3) is 0 Å². The molecule has 1 aliphatic rings. The van der Waals surface area contributed by atoms with Crippen LogP contribution in [0.15, 0.2) is 30.3 Å². The number of hydrogen-bond acceptors (Lipinski definition) is 2. The Hall–Kier alpha value is -0.570. The highest BCUT2D eigenvalue weighted by Gasteiger charge is 2.17. The zero-order chi connectivity index (χ0) is 12.1. The second kappa shape index (κ2) is 7.78. The Kier molecular flexibility index (Phi) is 6.69. The van der Waals surface area contributed by atoms with Gasteiger partial charge in [0.1, 0.15) is 0 Å². The number of benzene rings is 1. The predicted octanol–water partition coefficient (Wildman–Crippen LogP) is 3.26. The molecule has 0 radical (unpaired) electrons. The van der Waals surface area contributed by atoms with Crippen LogP contribution in [0.1, 0.15) is 37.9 Å². The second-order valence-electron chi connectivity index (χ2n) is 5.26. The van der Waals surface area contributed by atoms with Gasteiger partial charge in [-0.15, -0.1) is 12.4 Å². The highest BCUT2D eigenvalue weighted by molar-refractivity contribution is 5.85. The van der Waals surface area contributed by atoms with Crippen molar-refractivity contribution >= 4 is 12.4 Å². The van der Waals surface area contributed by atoms with Crippen molar-refractivity contribution in [3.05, 3.63) is 35.9 Å². The summed E-state index contributed by atoms with van der Waals surface area (Å²) in [6, 6.07) is 9.97. The lowest BCUT2D eigenvalue weighted by Gasteiger charge is -2.31. The summed E-state index contributed by atoms with van der Waals surface area (Å²) in [6.07, 6.45) is 3.20. The molecule has 3 heteroatoms. The molecule has 1 aromatic carbocycles. The van der Waals surface area contributed by atoms with Crippen molar-refractivity contribution in [1.82, 2.24) is 4.90 Å². The Morgan fingerprint density at radius 2 is 2.06 bits per heavy atom. The van der Waals surface area contributed by atoms with Gasteiger partial charge in [0.05, 0.1) is 6.10 Å². The summed E-state index contributed by atoms with van der Waals surface area (Å²) in [4.78, 5) is 2.49. The van der Waals surface area contributed by atoms with Crippen LogP contribution >= 0.6 is 12.4 Å². The maximum absolute atomic E-state index is 10.1. The van der Waals surface area contributed by atoms with Crippen LogP contribution in [0.3, 0.4) is 0 Å². The quantitative estimate of drug-likeness (QED) is 0.907. The van der Waals surface area contributed by atoms with Gasteiger partial charge in [-0.25, -0.2) is 0 Å². The van der Waals surface area contributed by atoms with E-state index in [-0.39, 0.29) is 18.5 Å². The monoisotopic (exact) mass is 269 g/mol. The summed E-state index contributed by atoms with van der Waals surface area (Å²) in [5.74, 6) is 0.817. The second-order valence-corrected chi connectivity index (χ2v) is 5.26. The van der Waals surface area contributed by atoms with E-state index in [4.69, 9.17) is 0 Å². The maximum Gasteiger partial charge on any atom is 0.0802 e. The minimum atomic E-state index is -0.312. The Balaban J connectivity index is 0.00000162. The molecule has 0 spiro atoms. The van der Waals surface area contributed by atoms with Crippen LogP contribution in [0.4, 0.5) is 0 Å². The lowest BCUT2D eigenvalue weighted by molar-refractivity contribution is 0.122. The fraction of sp³-hybridized carbons (Fsp3) is 0.600. The van der Waals surface area contributed by atoms with Crippen LogP contribution in [-0.2, 0) is 0 Å². The molecule has 1 aromatic rings. The molecule has 2 rings (SSSR count). The van der Waals surface area contributed by atoms with Gasteiger partial charge in [-0.2, -0.15) is 0 Å². The van der Waals surface area contributed by atoms with Crippen LogP contribution in [0, 0.1) is 5.92 Å². The number of hydrogen-bond donors (Lipinski definition) is 1. The van der Waals surface area contributed by atoms with Crippen molar-refractivity contribution in [3.8, 4) is 0 Å². The van der Waals surface area contributed by atoms with Crippen molar-refractivity contribution in [2.45, 2.75) is 32.3 Å². The molecule has 1 fully saturated rings. The SMILES string of the molecule is CC1CCCN(CCC(O)c2ccccc2)C1.Cl. The molecule has 2 nitrogen and oxygen atoms in total. The molecule has 0 aromatic heterocycles. The summed E-state index contributed by atoms with van der Waals surface area (Å²) < 4.78 is 0. The van der Waals surface area contributed by atoms with Gasteiger partial charge in [0.2, 0.25) is 0 Å². The number of nitrogens with zero attached hydrogens (tertiary/aromatic N) is 1. The minimum Gasteiger partial charge on any atom is -0.388 e. The van der Waals surface area contributed by atoms with E-state index >= 15 is 0 Å². The van der Waals surface area contributed by atoms with Crippen molar-refractivity contribution in [2.24, 2.45) is 5.92 Å². The van der Waals surface area contributed by atoms with Crippen LogP contribution in [-0.4, -0.2) is 29.6 Å². The van der Waals surface area contributed by atoms with Gasteiger partial charge in [-0.05, 0) is 37.3 Å². The van der Waals surface area contributed by atoms with Crippen molar-refractivity contribution in [2.75, 3.05) is 19.6 Å². The van der Waals surface area contributed by atoms with E-state index in [9.17, 15) is 5.11 Å². The summed E-state index contributed by atoms with van der Waals surface area (Å²) in [5, 5.41) is 10.1. The lowest BCUT2D eigenvalue weighted by atomic mass is 9.99. The average molecular weight is 270 g/mol. The Bertz CT molecular complexity index is 331. The van der Waals surface area contributed by atoms with E-state index in [0.717, 1.165) is 24.4 Å². The zero-order valence-corrected chi connectivity index (χ0v) is 11.9. The van der Waals surface area contributed by atoms with E-state index in [1.807, 2.05) is 30.3 Å². The fourth-order valence-electron chi connectivity index (χ4n) is 2.64. The summed E-state index contributed by atoms with van der Waals surface area (Å²) in [7, 11) is 0. The standard InChI is InChI=1S/C15H23NO.ClH/c1-13-6-5-10-16(12-13)11-9-15(17)14-7-3-2-4-8-14;/h2-4,7-8,13,15,17H,5-6,9-12H2,1H3;1H. The van der Waals surface area contributed by atoms with Crippen molar-refractivity contribution in [3.63, 3.8) is 0 Å². The molecular formula is C15H24ClNO. The van der Waals surface area contributed by atoms with Crippen LogP contribution in [0.2, 0.25) is 0 Å². The van der Waals surface area contributed by atoms with E-state index < -0.39 is 0 Å². The van der Waals surface area contributed by atoms with Gasteiger partial charge in [-0.1, -0.05) is 37.3 Å². The molecule has 0 bridgehead atoms. The van der Waals surface area contributed by atoms with Gasteiger partial charge in [-0.3, -0.25) is 0 Å². The first-order chi connectivity index (χ1) is 8.25. The van der Waals surface area contributed by atoms with Gasteiger partial charge in [0, 0.05) is 13.1 Å². The number of halogens is 1. The fourth-order valence-corrected chi connectivity index (χ4v) is 2.64. The number of rotatable bonds is 4. The molecule has 102 valence electrons. The molecule has 2 atom stereocenters. The van der Waals surface area contributed by atoms with E-state index in [0.29, 0.717) is 0 Å². The summed E-state index contributed by atoms with van der Waals surface area (Å²) >= 11 is 0. The smallest absolute Gasteiger partial charge is 0.0802 e. The largest absolute Gasteiger partial charge is 0.388 e. The molecule has 18 heavy (non-hydrogen) atoms. The normalized spacial score (nSPS) is 22.2. The average Bonchev–Trinajstić information content (AvgIpc) is 2.37. The third kappa shape index (κ3) is 4.60. The Morgan fingerprint density at radius 1 is 1.33 bits per heavy atom. The molecule has 2 unspecified atom stereocenters. The minimum absolute atomic E-state index is 0. The number of piperidine rings is 1. The van der Waals surface area contributed by atoms with Crippen LogP contribution < -0.4 is 0 Å². The van der Waals surface area contributed by atoms with Gasteiger partial charge >= 0.3 is 0 Å². The molecule has 0 saturated carbocycles. The Labute approximate surface area is 116 Å². The van der Waals surface area contributed by atoms with E-state index in [1.165, 1.54) is 25.9 Å². The van der Waals surface area contributed by atoms with Crippen LogP contribution in [0.5, 0.6) is 0 Å². The molecular weight excluding hydrogens is 246 g/mol. The molecule has 0 amide bonds.